The second-order valence-electron chi connectivity index (χ2n) is 3.40. The van der Waals surface area contributed by atoms with Gasteiger partial charge in [0.05, 0.1) is 0 Å². The van der Waals surface area contributed by atoms with Crippen molar-refractivity contribution in [2.45, 2.75) is 13.0 Å². The molecule has 6 heteroatoms. The summed E-state index contributed by atoms with van der Waals surface area (Å²) < 4.78 is 1.71. The Morgan fingerprint density at radius 2 is 2.38 bits per heavy atom. The van der Waals surface area contributed by atoms with E-state index in [9.17, 15) is 0 Å². The molecular weight excluding hydrogens is 168 g/mol. The topological polar surface area (TPSA) is 58.9 Å². The number of hydrogen-bond donors (Lipinski definition) is 1. The third-order valence-electron chi connectivity index (χ3n) is 2.25. The van der Waals surface area contributed by atoms with Gasteiger partial charge < -0.3 is 10.2 Å². The lowest BCUT2D eigenvalue weighted by molar-refractivity contribution is 0.474. The van der Waals surface area contributed by atoms with Crippen LogP contribution in [0.4, 0.5) is 5.95 Å². The van der Waals surface area contributed by atoms with E-state index in [1.807, 2.05) is 7.05 Å². The molecule has 0 spiro atoms. The van der Waals surface area contributed by atoms with Crippen molar-refractivity contribution in [3.63, 3.8) is 0 Å². The third kappa shape index (κ3) is 1.62. The Hall–Kier alpha value is -1.17. The van der Waals surface area contributed by atoms with Crippen LogP contribution in [0.2, 0.25) is 0 Å². The minimum Gasteiger partial charge on any atom is -0.337 e. The SMILES string of the molecule is CC1CN(c2nnnn2C)CCN1. The summed E-state index contributed by atoms with van der Waals surface area (Å²) in [5, 5.41) is 14.8. The van der Waals surface area contributed by atoms with Gasteiger partial charge in [-0.3, -0.25) is 0 Å². The van der Waals surface area contributed by atoms with Gasteiger partial charge in [0.25, 0.3) is 0 Å². The number of aromatic nitrogens is 4. The highest BCUT2D eigenvalue weighted by Crippen LogP contribution is 2.09. The van der Waals surface area contributed by atoms with Gasteiger partial charge >= 0.3 is 0 Å². The molecule has 1 atom stereocenters. The molecule has 1 unspecified atom stereocenters. The molecule has 0 amide bonds. The predicted molar refractivity (Wildman–Crippen MR) is 48.5 cm³/mol. The lowest BCUT2D eigenvalue weighted by Crippen LogP contribution is -2.50. The molecule has 1 saturated heterocycles. The Kier molecular flexibility index (Phi) is 2.13. The maximum atomic E-state index is 3.97. The van der Waals surface area contributed by atoms with E-state index in [4.69, 9.17) is 0 Å². The third-order valence-corrected chi connectivity index (χ3v) is 2.25. The molecule has 2 rings (SSSR count). The zero-order chi connectivity index (χ0) is 9.26. The van der Waals surface area contributed by atoms with Crippen molar-refractivity contribution in [1.29, 1.82) is 0 Å². The Morgan fingerprint density at radius 1 is 1.54 bits per heavy atom. The first-order valence-corrected chi connectivity index (χ1v) is 4.48. The zero-order valence-corrected chi connectivity index (χ0v) is 7.93. The molecule has 0 aliphatic carbocycles. The number of rotatable bonds is 1. The van der Waals surface area contributed by atoms with Gasteiger partial charge in [0, 0.05) is 32.7 Å². The Bertz CT molecular complexity index is 282. The average molecular weight is 182 g/mol. The molecule has 2 heterocycles. The first-order valence-electron chi connectivity index (χ1n) is 4.48. The normalized spacial score (nSPS) is 23.5. The first kappa shape index (κ1) is 8.43. The highest BCUT2D eigenvalue weighted by molar-refractivity contribution is 5.28. The summed E-state index contributed by atoms with van der Waals surface area (Å²) in [6.45, 7) is 5.09. The average Bonchev–Trinajstić information content (AvgIpc) is 2.51. The Balaban J connectivity index is 2.12. The Labute approximate surface area is 76.9 Å². The fourth-order valence-electron chi connectivity index (χ4n) is 1.61. The van der Waals surface area contributed by atoms with Crippen molar-refractivity contribution in [3.05, 3.63) is 0 Å². The van der Waals surface area contributed by atoms with Gasteiger partial charge in [-0.25, -0.2) is 4.68 Å². The summed E-state index contributed by atoms with van der Waals surface area (Å²) in [5.74, 6) is 0.855. The van der Waals surface area contributed by atoms with E-state index < -0.39 is 0 Å². The van der Waals surface area contributed by atoms with Crippen molar-refractivity contribution in [3.8, 4) is 0 Å². The standard InChI is InChI=1S/C7H14N6/c1-6-5-13(4-3-8-6)7-9-10-11-12(7)2/h6,8H,3-5H2,1-2H3. The second-order valence-corrected chi connectivity index (χ2v) is 3.40. The van der Waals surface area contributed by atoms with E-state index >= 15 is 0 Å². The van der Waals surface area contributed by atoms with Gasteiger partial charge in [0.15, 0.2) is 0 Å². The molecular formula is C7H14N6. The number of anilines is 1. The molecule has 1 aliphatic heterocycles. The van der Waals surface area contributed by atoms with Gasteiger partial charge in [-0.05, 0) is 17.4 Å². The van der Waals surface area contributed by atoms with Crippen LogP contribution in [0.25, 0.3) is 0 Å². The van der Waals surface area contributed by atoms with Crippen molar-refractivity contribution in [2.24, 2.45) is 7.05 Å². The van der Waals surface area contributed by atoms with E-state index in [1.54, 1.807) is 4.68 Å². The zero-order valence-electron chi connectivity index (χ0n) is 7.93. The summed E-state index contributed by atoms with van der Waals surface area (Å²) in [4.78, 5) is 2.20. The van der Waals surface area contributed by atoms with Gasteiger partial charge in [-0.15, -0.1) is 0 Å². The lowest BCUT2D eigenvalue weighted by Gasteiger charge is -2.31. The second kappa shape index (κ2) is 3.29. The largest absolute Gasteiger partial charge is 0.337 e. The fourth-order valence-corrected chi connectivity index (χ4v) is 1.61. The molecule has 6 nitrogen and oxygen atoms in total. The van der Waals surface area contributed by atoms with Crippen LogP contribution in [-0.2, 0) is 7.05 Å². The summed E-state index contributed by atoms with van der Waals surface area (Å²) in [6.07, 6.45) is 0. The Morgan fingerprint density at radius 3 is 3.00 bits per heavy atom. The molecule has 1 aromatic heterocycles. The van der Waals surface area contributed by atoms with Crippen LogP contribution in [0.5, 0.6) is 0 Å². The van der Waals surface area contributed by atoms with E-state index in [0.29, 0.717) is 6.04 Å². The van der Waals surface area contributed by atoms with E-state index in [1.165, 1.54) is 0 Å². The molecule has 1 aromatic rings. The highest BCUT2D eigenvalue weighted by Gasteiger charge is 2.19. The smallest absolute Gasteiger partial charge is 0.245 e. The molecule has 0 radical (unpaired) electrons. The first-order chi connectivity index (χ1) is 6.27. The number of hydrogen-bond acceptors (Lipinski definition) is 5. The van der Waals surface area contributed by atoms with Gasteiger partial charge in [0.2, 0.25) is 5.95 Å². The molecule has 1 fully saturated rings. The lowest BCUT2D eigenvalue weighted by atomic mass is 10.2. The van der Waals surface area contributed by atoms with E-state index in [2.05, 4.69) is 32.7 Å². The molecule has 0 aromatic carbocycles. The summed E-state index contributed by atoms with van der Waals surface area (Å²) >= 11 is 0. The van der Waals surface area contributed by atoms with Crippen LogP contribution >= 0.6 is 0 Å². The fraction of sp³-hybridized carbons (Fsp3) is 0.857. The number of nitrogens with one attached hydrogen (secondary N) is 1. The minimum absolute atomic E-state index is 0.505. The number of aryl methyl sites for hydroxylation is 1. The van der Waals surface area contributed by atoms with Crippen molar-refractivity contribution in [2.75, 3.05) is 24.5 Å². The predicted octanol–water partition coefficient (Wildman–Crippen LogP) is -0.992. The molecule has 72 valence electrons. The molecule has 1 N–H and O–H groups in total. The molecule has 1 aliphatic rings. The molecule has 0 bridgehead atoms. The minimum atomic E-state index is 0.505. The van der Waals surface area contributed by atoms with Crippen LogP contribution in [0.15, 0.2) is 0 Å². The van der Waals surface area contributed by atoms with Gasteiger partial charge in [-0.1, -0.05) is 5.10 Å². The molecule has 0 saturated carbocycles. The van der Waals surface area contributed by atoms with Crippen LogP contribution in [0, 0.1) is 0 Å². The van der Waals surface area contributed by atoms with Gasteiger partial charge in [0.1, 0.15) is 0 Å². The summed E-state index contributed by atoms with van der Waals surface area (Å²) in [7, 11) is 1.86. The summed E-state index contributed by atoms with van der Waals surface area (Å²) in [5.41, 5.74) is 0. The van der Waals surface area contributed by atoms with Crippen LogP contribution in [0.1, 0.15) is 6.92 Å². The quantitative estimate of drug-likeness (QED) is 0.604. The maximum absolute atomic E-state index is 3.97. The summed E-state index contributed by atoms with van der Waals surface area (Å²) in [6, 6.07) is 0.505. The highest BCUT2D eigenvalue weighted by atomic mass is 15.6. The maximum Gasteiger partial charge on any atom is 0.245 e. The molecule has 13 heavy (non-hydrogen) atoms. The number of piperazine rings is 1. The monoisotopic (exact) mass is 182 g/mol. The van der Waals surface area contributed by atoms with Gasteiger partial charge in [-0.2, -0.15) is 0 Å². The van der Waals surface area contributed by atoms with Crippen molar-refractivity contribution < 1.29 is 0 Å². The van der Waals surface area contributed by atoms with E-state index in [0.717, 1.165) is 25.6 Å². The number of tetrazole rings is 1. The van der Waals surface area contributed by atoms with Crippen LogP contribution in [0.3, 0.4) is 0 Å². The van der Waals surface area contributed by atoms with Crippen molar-refractivity contribution >= 4 is 5.95 Å². The van der Waals surface area contributed by atoms with Crippen molar-refractivity contribution in [1.82, 2.24) is 25.5 Å². The van der Waals surface area contributed by atoms with E-state index in [-0.39, 0.29) is 0 Å². The number of nitrogens with zero attached hydrogens (tertiary/aromatic N) is 5. The van der Waals surface area contributed by atoms with Crippen LogP contribution in [-0.4, -0.2) is 45.9 Å². The van der Waals surface area contributed by atoms with Crippen LogP contribution < -0.4 is 10.2 Å².